The molecule has 1 aromatic rings. The lowest BCUT2D eigenvalue weighted by molar-refractivity contribution is 0.122. The summed E-state index contributed by atoms with van der Waals surface area (Å²) in [5, 5.41) is 8.91. The zero-order chi connectivity index (χ0) is 9.84. The Balaban J connectivity index is 2.63. The first-order chi connectivity index (χ1) is 6.09. The first-order valence-electron chi connectivity index (χ1n) is 3.85. The number of benzene rings is 1. The van der Waals surface area contributed by atoms with Gasteiger partial charge in [-0.25, -0.2) is 4.39 Å². The minimum absolute atomic E-state index is 0.168. The van der Waals surface area contributed by atoms with Gasteiger partial charge in [0.25, 0.3) is 0 Å². The van der Waals surface area contributed by atoms with Crippen LogP contribution < -0.4 is 4.74 Å². The molecule has 0 aliphatic heterocycles. The van der Waals surface area contributed by atoms with E-state index in [4.69, 9.17) is 9.84 Å². The molecule has 0 aromatic heterocycles. The highest BCUT2D eigenvalue weighted by Gasteiger charge is 2.02. The van der Waals surface area contributed by atoms with Crippen molar-refractivity contribution in [1.29, 1.82) is 0 Å². The average Bonchev–Trinajstić information content (AvgIpc) is 2.07. The molecule has 0 amide bonds. The van der Waals surface area contributed by atoms with Crippen molar-refractivity contribution in [1.82, 2.24) is 0 Å². The summed E-state index contributed by atoms with van der Waals surface area (Å²) in [6.45, 7) is 1.77. The summed E-state index contributed by atoms with van der Waals surface area (Å²) in [6.07, 6.45) is -0.549. The molecule has 0 aliphatic rings. The minimum Gasteiger partial charge on any atom is -0.491 e. The van der Waals surface area contributed by atoms with Crippen LogP contribution in [-0.2, 0) is 0 Å². The number of hydrogen-bond donors (Lipinski definition) is 1. The highest BCUT2D eigenvalue weighted by molar-refractivity contribution is 9.10. The van der Waals surface area contributed by atoms with Crippen LogP contribution in [0.15, 0.2) is 22.7 Å². The van der Waals surface area contributed by atoms with E-state index in [-0.39, 0.29) is 12.4 Å². The SMILES string of the molecule is CC(O)COc1ccc(Br)c(F)c1. The molecule has 1 N–H and O–H groups in total. The molecule has 72 valence electrons. The molecule has 1 unspecified atom stereocenters. The number of ether oxygens (including phenoxy) is 1. The summed E-state index contributed by atoms with van der Waals surface area (Å²) in [6, 6.07) is 4.47. The topological polar surface area (TPSA) is 29.5 Å². The third kappa shape index (κ3) is 3.32. The van der Waals surface area contributed by atoms with E-state index in [0.717, 1.165) is 0 Å². The van der Waals surface area contributed by atoms with Gasteiger partial charge in [0, 0.05) is 6.07 Å². The maximum Gasteiger partial charge on any atom is 0.141 e. The van der Waals surface area contributed by atoms with E-state index in [0.29, 0.717) is 10.2 Å². The smallest absolute Gasteiger partial charge is 0.141 e. The van der Waals surface area contributed by atoms with E-state index in [9.17, 15) is 4.39 Å². The fraction of sp³-hybridized carbons (Fsp3) is 0.333. The quantitative estimate of drug-likeness (QED) is 0.890. The Morgan fingerprint density at radius 1 is 1.62 bits per heavy atom. The van der Waals surface area contributed by atoms with Gasteiger partial charge in [-0.1, -0.05) is 0 Å². The second-order valence-corrected chi connectivity index (χ2v) is 3.59. The van der Waals surface area contributed by atoms with Gasteiger partial charge in [0.2, 0.25) is 0 Å². The fourth-order valence-electron chi connectivity index (χ4n) is 0.783. The van der Waals surface area contributed by atoms with Crippen LogP contribution in [-0.4, -0.2) is 17.8 Å². The van der Waals surface area contributed by atoms with Crippen LogP contribution in [0.3, 0.4) is 0 Å². The Hall–Kier alpha value is -0.610. The summed E-state index contributed by atoms with van der Waals surface area (Å²) >= 11 is 3.03. The zero-order valence-corrected chi connectivity index (χ0v) is 8.71. The summed E-state index contributed by atoms with van der Waals surface area (Å²) in [5.74, 6) is 0.0460. The van der Waals surface area contributed by atoms with Crippen molar-refractivity contribution in [3.63, 3.8) is 0 Å². The highest BCUT2D eigenvalue weighted by Crippen LogP contribution is 2.20. The maximum absolute atomic E-state index is 12.9. The van der Waals surface area contributed by atoms with Gasteiger partial charge in [0.15, 0.2) is 0 Å². The molecule has 2 nitrogen and oxygen atoms in total. The van der Waals surface area contributed by atoms with E-state index < -0.39 is 6.10 Å². The Morgan fingerprint density at radius 2 is 2.31 bits per heavy atom. The monoisotopic (exact) mass is 248 g/mol. The van der Waals surface area contributed by atoms with E-state index in [1.54, 1.807) is 19.1 Å². The molecule has 0 aliphatic carbocycles. The molecular weight excluding hydrogens is 239 g/mol. The molecule has 0 saturated heterocycles. The van der Waals surface area contributed by atoms with Gasteiger partial charge in [-0.2, -0.15) is 0 Å². The van der Waals surface area contributed by atoms with E-state index in [1.165, 1.54) is 6.07 Å². The molecule has 1 atom stereocenters. The van der Waals surface area contributed by atoms with Crippen molar-refractivity contribution < 1.29 is 14.2 Å². The van der Waals surface area contributed by atoms with Gasteiger partial charge in [-0.05, 0) is 35.0 Å². The van der Waals surface area contributed by atoms with E-state index in [1.807, 2.05) is 0 Å². The van der Waals surface area contributed by atoms with Crippen molar-refractivity contribution in [3.05, 3.63) is 28.5 Å². The van der Waals surface area contributed by atoms with Crippen molar-refractivity contribution in [2.75, 3.05) is 6.61 Å². The number of aliphatic hydroxyl groups is 1. The lowest BCUT2D eigenvalue weighted by atomic mass is 10.3. The summed E-state index contributed by atoms with van der Waals surface area (Å²) in [4.78, 5) is 0. The Kier molecular flexibility index (Phi) is 3.69. The molecule has 1 aromatic carbocycles. The van der Waals surface area contributed by atoms with Crippen LogP contribution in [0.5, 0.6) is 5.75 Å². The molecule has 0 fully saturated rings. The van der Waals surface area contributed by atoms with Gasteiger partial charge < -0.3 is 9.84 Å². The molecule has 0 bridgehead atoms. The molecule has 13 heavy (non-hydrogen) atoms. The van der Waals surface area contributed by atoms with Crippen LogP contribution in [0.25, 0.3) is 0 Å². The largest absolute Gasteiger partial charge is 0.491 e. The van der Waals surface area contributed by atoms with Gasteiger partial charge in [-0.3, -0.25) is 0 Å². The van der Waals surface area contributed by atoms with Gasteiger partial charge >= 0.3 is 0 Å². The third-order valence-corrected chi connectivity index (χ3v) is 2.03. The van der Waals surface area contributed by atoms with Crippen molar-refractivity contribution in [3.8, 4) is 5.75 Å². The Bertz CT molecular complexity index is 289. The highest BCUT2D eigenvalue weighted by atomic mass is 79.9. The zero-order valence-electron chi connectivity index (χ0n) is 7.13. The molecule has 4 heteroatoms. The molecule has 0 spiro atoms. The molecule has 0 saturated carbocycles. The van der Waals surface area contributed by atoms with Gasteiger partial charge in [0.1, 0.15) is 18.2 Å². The second kappa shape index (κ2) is 4.58. The third-order valence-electron chi connectivity index (χ3n) is 1.38. The lowest BCUT2D eigenvalue weighted by Crippen LogP contribution is -2.12. The lowest BCUT2D eigenvalue weighted by Gasteiger charge is -2.07. The van der Waals surface area contributed by atoms with Crippen LogP contribution in [0.2, 0.25) is 0 Å². The molecule has 0 heterocycles. The maximum atomic E-state index is 12.9. The predicted molar refractivity (Wildman–Crippen MR) is 51.3 cm³/mol. The van der Waals surface area contributed by atoms with Crippen LogP contribution in [0, 0.1) is 5.82 Å². The first kappa shape index (κ1) is 10.5. The predicted octanol–water partition coefficient (Wildman–Crippen LogP) is 2.35. The first-order valence-corrected chi connectivity index (χ1v) is 4.65. The second-order valence-electron chi connectivity index (χ2n) is 2.74. The molecule has 1 rings (SSSR count). The van der Waals surface area contributed by atoms with Crippen LogP contribution >= 0.6 is 15.9 Å². The van der Waals surface area contributed by atoms with Gasteiger partial charge in [0.05, 0.1) is 10.6 Å². The van der Waals surface area contributed by atoms with Crippen molar-refractivity contribution in [2.24, 2.45) is 0 Å². The van der Waals surface area contributed by atoms with Crippen LogP contribution in [0.1, 0.15) is 6.92 Å². The Labute approximate surface area is 84.5 Å². The van der Waals surface area contributed by atoms with Crippen molar-refractivity contribution in [2.45, 2.75) is 13.0 Å². The van der Waals surface area contributed by atoms with Crippen LogP contribution in [0.4, 0.5) is 4.39 Å². The fourth-order valence-corrected chi connectivity index (χ4v) is 1.03. The average molecular weight is 249 g/mol. The molecular formula is C9H10BrFO2. The Morgan fingerprint density at radius 3 is 2.85 bits per heavy atom. The summed E-state index contributed by atoms with van der Waals surface area (Å²) < 4.78 is 18.4. The van der Waals surface area contributed by atoms with E-state index in [2.05, 4.69) is 15.9 Å². The number of rotatable bonds is 3. The van der Waals surface area contributed by atoms with Crippen molar-refractivity contribution >= 4 is 15.9 Å². The standard InChI is InChI=1S/C9H10BrFO2/c1-6(12)5-13-7-2-3-8(10)9(11)4-7/h2-4,6,12H,5H2,1H3. The number of hydrogen-bond acceptors (Lipinski definition) is 2. The number of aliphatic hydroxyl groups excluding tert-OH is 1. The minimum atomic E-state index is -0.549. The number of halogens is 2. The summed E-state index contributed by atoms with van der Waals surface area (Å²) in [5.41, 5.74) is 0. The molecule has 0 radical (unpaired) electrons. The van der Waals surface area contributed by atoms with Gasteiger partial charge in [-0.15, -0.1) is 0 Å². The normalized spacial score (nSPS) is 12.6. The summed E-state index contributed by atoms with van der Waals surface area (Å²) in [7, 11) is 0. The van der Waals surface area contributed by atoms with E-state index >= 15 is 0 Å².